The van der Waals surface area contributed by atoms with Crippen LogP contribution in [0.5, 0.6) is 0 Å². The molecule has 0 aliphatic carbocycles. The molecule has 1 unspecified atom stereocenters. The van der Waals surface area contributed by atoms with E-state index in [9.17, 15) is 9.90 Å². The van der Waals surface area contributed by atoms with E-state index in [1.807, 2.05) is 0 Å². The number of ether oxygens (including phenoxy) is 3. The highest BCUT2D eigenvalue weighted by Crippen LogP contribution is 2.29. The molecule has 0 aromatic heterocycles. The van der Waals surface area contributed by atoms with Gasteiger partial charge in [-0.15, -0.1) is 0 Å². The van der Waals surface area contributed by atoms with Crippen molar-refractivity contribution in [1.82, 2.24) is 5.39 Å². The minimum absolute atomic E-state index is 0.182. The van der Waals surface area contributed by atoms with Gasteiger partial charge in [-0.2, -0.15) is 0 Å². The van der Waals surface area contributed by atoms with Gasteiger partial charge in [-0.1, -0.05) is 0 Å². The second kappa shape index (κ2) is 7.45. The van der Waals surface area contributed by atoms with Crippen LogP contribution in [0.4, 0.5) is 0 Å². The minimum Gasteiger partial charge on any atom is -0.457 e. The van der Waals surface area contributed by atoms with Gasteiger partial charge in [0.1, 0.15) is 18.3 Å². The molecular formula is C12H21NO8. The fraction of sp³-hybridized carbons (Fsp3) is 0.917. The Hall–Kier alpha value is -0.810. The first-order valence-corrected chi connectivity index (χ1v) is 6.92. The molecule has 9 heteroatoms. The predicted molar refractivity (Wildman–Crippen MR) is 65.2 cm³/mol. The molecule has 2 fully saturated rings. The Morgan fingerprint density at radius 2 is 2.05 bits per heavy atom. The second-order valence-corrected chi connectivity index (χ2v) is 5.25. The van der Waals surface area contributed by atoms with Crippen LogP contribution in [-0.2, 0) is 23.8 Å². The third-order valence-electron chi connectivity index (χ3n) is 3.53. The van der Waals surface area contributed by atoms with Gasteiger partial charge in [-0.25, -0.2) is 4.84 Å². The number of esters is 1. The van der Waals surface area contributed by atoms with Crippen molar-refractivity contribution in [2.75, 3.05) is 13.2 Å². The molecule has 2 aliphatic heterocycles. The number of hydrogen-bond acceptors (Lipinski definition) is 9. The highest BCUT2D eigenvalue weighted by molar-refractivity contribution is 5.69. The lowest BCUT2D eigenvalue weighted by Gasteiger charge is -2.17. The molecule has 21 heavy (non-hydrogen) atoms. The summed E-state index contributed by atoms with van der Waals surface area (Å²) in [6.45, 7) is 2.06. The fourth-order valence-corrected chi connectivity index (χ4v) is 2.52. The third-order valence-corrected chi connectivity index (χ3v) is 3.53. The molecule has 122 valence electrons. The molecule has 0 aromatic rings. The van der Waals surface area contributed by atoms with E-state index in [0.717, 1.165) is 0 Å². The van der Waals surface area contributed by atoms with Crippen LogP contribution in [0.2, 0.25) is 0 Å². The lowest BCUT2D eigenvalue weighted by atomic mass is 10.1. The van der Waals surface area contributed by atoms with Crippen LogP contribution in [0.25, 0.3) is 0 Å². The van der Waals surface area contributed by atoms with Gasteiger partial charge in [-0.3, -0.25) is 15.2 Å². The summed E-state index contributed by atoms with van der Waals surface area (Å²) in [7, 11) is 0. The molecule has 0 amide bonds. The number of aliphatic hydroxyl groups excluding tert-OH is 1. The maximum Gasteiger partial charge on any atom is 0.306 e. The number of nitrogens with zero attached hydrogens (tertiary/aromatic N) is 1. The van der Waals surface area contributed by atoms with Crippen molar-refractivity contribution >= 4 is 5.97 Å². The number of fused-ring (bicyclic) bond motifs is 1. The van der Waals surface area contributed by atoms with Gasteiger partial charge in [0.2, 0.25) is 0 Å². The van der Waals surface area contributed by atoms with Crippen LogP contribution in [-0.4, -0.2) is 70.6 Å². The second-order valence-electron chi connectivity index (χ2n) is 5.25. The number of aliphatic hydroxyl groups is 1. The van der Waals surface area contributed by atoms with Crippen LogP contribution < -0.4 is 0 Å². The van der Waals surface area contributed by atoms with E-state index in [4.69, 9.17) is 24.6 Å². The molecule has 2 saturated heterocycles. The lowest BCUT2D eigenvalue weighted by molar-refractivity contribution is -0.503. The van der Waals surface area contributed by atoms with Crippen LogP contribution in [0.15, 0.2) is 0 Å². The zero-order chi connectivity index (χ0) is 15.4. The van der Waals surface area contributed by atoms with E-state index >= 15 is 0 Å². The Morgan fingerprint density at radius 1 is 1.33 bits per heavy atom. The average molecular weight is 307 g/mol. The predicted octanol–water partition coefficient (Wildman–Crippen LogP) is -0.372. The quantitative estimate of drug-likeness (QED) is 0.427. The largest absolute Gasteiger partial charge is 0.457 e. The van der Waals surface area contributed by atoms with Gasteiger partial charge < -0.3 is 19.3 Å². The topological polar surface area (TPSA) is 118 Å². The maximum atomic E-state index is 11.7. The van der Waals surface area contributed by atoms with Crippen molar-refractivity contribution in [3.8, 4) is 0 Å². The Labute approximate surface area is 121 Å². The summed E-state index contributed by atoms with van der Waals surface area (Å²) < 4.78 is 16.0. The van der Waals surface area contributed by atoms with Crippen LogP contribution in [0, 0.1) is 0 Å². The maximum absolute atomic E-state index is 11.7. The summed E-state index contributed by atoms with van der Waals surface area (Å²) in [4.78, 5) is 16.3. The van der Waals surface area contributed by atoms with E-state index in [1.54, 1.807) is 6.92 Å². The summed E-state index contributed by atoms with van der Waals surface area (Å²) in [5, 5.41) is 26.1. The number of carbonyl (C=O) groups is 1. The number of carbonyl (C=O) groups excluding carboxylic acids is 1. The molecule has 3 N–H and O–H groups in total. The minimum atomic E-state index is -0.670. The van der Waals surface area contributed by atoms with Gasteiger partial charge >= 0.3 is 5.97 Å². The molecule has 0 aromatic carbocycles. The fourth-order valence-electron chi connectivity index (χ4n) is 2.52. The number of hydrogen-bond donors (Lipinski definition) is 3. The van der Waals surface area contributed by atoms with Gasteiger partial charge in [0.25, 0.3) is 0 Å². The summed E-state index contributed by atoms with van der Waals surface area (Å²) >= 11 is 0. The van der Waals surface area contributed by atoms with Crippen molar-refractivity contribution in [2.24, 2.45) is 0 Å². The van der Waals surface area contributed by atoms with Gasteiger partial charge in [0.15, 0.2) is 6.10 Å². The lowest BCUT2D eigenvalue weighted by Crippen LogP contribution is -2.34. The Bertz CT molecular complexity index is 352. The highest BCUT2D eigenvalue weighted by Gasteiger charge is 2.48. The molecule has 0 saturated carbocycles. The monoisotopic (exact) mass is 307 g/mol. The standard InChI is InChI=1S/C12H21NO8/c1-7(21-13(16)17)3-2-4-10(15)20-9-6-19-11-8(14)5-18-12(9)11/h7-9,11-12,14,16-17H,2-6H2,1H3/t7?,8-,9-,11-,12-/m1/s1. The zero-order valence-electron chi connectivity index (χ0n) is 11.8. The van der Waals surface area contributed by atoms with Gasteiger partial charge in [0.05, 0.1) is 24.7 Å². The van der Waals surface area contributed by atoms with Crippen molar-refractivity contribution < 1.29 is 39.4 Å². The molecule has 0 bridgehead atoms. The molecule has 9 nitrogen and oxygen atoms in total. The molecule has 5 atom stereocenters. The van der Waals surface area contributed by atoms with E-state index < -0.39 is 30.5 Å². The number of rotatable bonds is 7. The summed E-state index contributed by atoms with van der Waals surface area (Å²) in [6, 6.07) is 0. The summed E-state index contributed by atoms with van der Waals surface area (Å²) in [5.41, 5.74) is 0. The van der Waals surface area contributed by atoms with E-state index in [1.165, 1.54) is 0 Å². The molecule has 2 aliphatic rings. The van der Waals surface area contributed by atoms with E-state index in [2.05, 4.69) is 4.84 Å². The van der Waals surface area contributed by atoms with Crippen LogP contribution in [0.1, 0.15) is 26.2 Å². The first-order valence-electron chi connectivity index (χ1n) is 6.92. The van der Waals surface area contributed by atoms with Gasteiger partial charge in [0, 0.05) is 6.42 Å². The van der Waals surface area contributed by atoms with Crippen molar-refractivity contribution in [2.45, 2.75) is 56.7 Å². The Kier molecular flexibility index (Phi) is 5.88. The van der Waals surface area contributed by atoms with Crippen molar-refractivity contribution in [3.63, 3.8) is 0 Å². The van der Waals surface area contributed by atoms with E-state index in [-0.39, 0.29) is 31.0 Å². The SMILES string of the molecule is CC(CCCC(=O)O[C@@H]1CO[C@H]2[C@@H]1OC[C@H]2O)ON(O)O. The highest BCUT2D eigenvalue weighted by atomic mass is 17.1. The Balaban J connectivity index is 1.64. The first kappa shape index (κ1) is 16.6. The molecule has 2 rings (SSSR count). The average Bonchev–Trinajstić information content (AvgIpc) is 2.93. The van der Waals surface area contributed by atoms with Crippen LogP contribution in [0.3, 0.4) is 0 Å². The zero-order valence-corrected chi connectivity index (χ0v) is 11.8. The molecule has 0 radical (unpaired) electrons. The van der Waals surface area contributed by atoms with Crippen molar-refractivity contribution in [1.29, 1.82) is 0 Å². The normalized spacial score (nSPS) is 33.2. The van der Waals surface area contributed by atoms with E-state index in [0.29, 0.717) is 12.8 Å². The smallest absolute Gasteiger partial charge is 0.306 e. The summed E-state index contributed by atoms with van der Waals surface area (Å²) in [6.07, 6.45) is -1.27. The summed E-state index contributed by atoms with van der Waals surface area (Å²) in [5.74, 6) is -0.383. The van der Waals surface area contributed by atoms with Crippen molar-refractivity contribution in [3.05, 3.63) is 0 Å². The van der Waals surface area contributed by atoms with Gasteiger partial charge in [-0.05, 0) is 19.8 Å². The first-order chi connectivity index (χ1) is 9.97. The van der Waals surface area contributed by atoms with Crippen LogP contribution >= 0.6 is 0 Å². The molecule has 0 spiro atoms. The Morgan fingerprint density at radius 3 is 2.76 bits per heavy atom. The third kappa shape index (κ3) is 4.58. The molecular weight excluding hydrogens is 286 g/mol. The molecule has 2 heterocycles.